The van der Waals surface area contributed by atoms with Gasteiger partial charge in [-0.25, -0.2) is 8.78 Å². The van der Waals surface area contributed by atoms with Crippen molar-refractivity contribution in [3.63, 3.8) is 0 Å². The van der Waals surface area contributed by atoms with E-state index in [1.54, 1.807) is 12.1 Å². The SMILES string of the molecule is Fc1ccc2c(c1)c1ccc(F)cc1n2-c1ccccc1-c1ccc(N(c2cccc(-c3ccccc3)c2)c2cccc(-c3cccc4c3oc3ccccc34)c2)cc1. The van der Waals surface area contributed by atoms with Crippen LogP contribution in [0.25, 0.3) is 82.8 Å². The predicted molar refractivity (Wildman–Crippen MR) is 239 cm³/mol. The number of halogens is 2. The second kappa shape index (κ2) is 14.0. The Labute approximate surface area is 339 Å². The van der Waals surface area contributed by atoms with E-state index in [1.165, 1.54) is 24.3 Å². The van der Waals surface area contributed by atoms with Crippen LogP contribution in [0.15, 0.2) is 211 Å². The monoisotopic (exact) mass is 764 g/mol. The van der Waals surface area contributed by atoms with Crippen LogP contribution in [-0.2, 0) is 0 Å². The van der Waals surface area contributed by atoms with Crippen LogP contribution in [0.2, 0.25) is 0 Å². The molecule has 0 atom stereocenters. The molecule has 11 rings (SSSR count). The number of furan rings is 1. The van der Waals surface area contributed by atoms with Gasteiger partial charge < -0.3 is 13.9 Å². The minimum atomic E-state index is -0.348. The van der Waals surface area contributed by atoms with Gasteiger partial charge in [-0.05, 0) is 107 Å². The molecule has 0 aliphatic heterocycles. The molecule has 2 aromatic heterocycles. The number of anilines is 3. The number of hydrogen-bond donors (Lipinski definition) is 0. The molecule has 5 heteroatoms. The van der Waals surface area contributed by atoms with E-state index < -0.39 is 0 Å². The largest absolute Gasteiger partial charge is 0.455 e. The molecule has 0 aliphatic rings. The molecule has 0 amide bonds. The Kier molecular flexibility index (Phi) is 8.19. The lowest BCUT2D eigenvalue weighted by atomic mass is 10.00. The predicted octanol–water partition coefficient (Wildman–Crippen LogP) is 15.4. The summed E-state index contributed by atoms with van der Waals surface area (Å²) >= 11 is 0. The van der Waals surface area contributed by atoms with Crippen molar-refractivity contribution in [2.45, 2.75) is 0 Å². The number of para-hydroxylation sites is 3. The van der Waals surface area contributed by atoms with Crippen LogP contribution in [0.4, 0.5) is 25.8 Å². The Hall–Kier alpha value is -7.76. The van der Waals surface area contributed by atoms with Crippen LogP contribution < -0.4 is 4.90 Å². The van der Waals surface area contributed by atoms with Gasteiger partial charge in [0.05, 0.1) is 16.7 Å². The average molecular weight is 765 g/mol. The van der Waals surface area contributed by atoms with Gasteiger partial charge in [0, 0.05) is 49.7 Å². The molecule has 2 heterocycles. The van der Waals surface area contributed by atoms with Crippen LogP contribution in [0.3, 0.4) is 0 Å². The van der Waals surface area contributed by atoms with Gasteiger partial charge in [-0.15, -0.1) is 0 Å². The molecule has 0 unspecified atom stereocenters. The summed E-state index contributed by atoms with van der Waals surface area (Å²) in [5.74, 6) is -0.681. The average Bonchev–Trinajstić information content (AvgIpc) is 3.82. The molecule has 0 saturated carbocycles. The zero-order valence-electron chi connectivity index (χ0n) is 31.7. The number of aromatic nitrogens is 1. The van der Waals surface area contributed by atoms with Gasteiger partial charge in [0.15, 0.2) is 0 Å². The molecule has 0 N–H and O–H groups in total. The first-order chi connectivity index (χ1) is 29.1. The number of nitrogens with zero attached hydrogens (tertiary/aromatic N) is 2. The summed E-state index contributed by atoms with van der Waals surface area (Å²) < 4.78 is 37.9. The van der Waals surface area contributed by atoms with Crippen LogP contribution in [0.5, 0.6) is 0 Å². The lowest BCUT2D eigenvalue weighted by Crippen LogP contribution is -2.10. The molecule has 3 nitrogen and oxygen atoms in total. The van der Waals surface area contributed by atoms with Crippen molar-refractivity contribution in [1.29, 1.82) is 0 Å². The van der Waals surface area contributed by atoms with Gasteiger partial charge in [-0.2, -0.15) is 0 Å². The summed E-state index contributed by atoms with van der Waals surface area (Å²) in [6.45, 7) is 0. The van der Waals surface area contributed by atoms with E-state index in [9.17, 15) is 8.78 Å². The molecule has 59 heavy (non-hydrogen) atoms. The van der Waals surface area contributed by atoms with Gasteiger partial charge >= 0.3 is 0 Å². The molecule has 0 aliphatic carbocycles. The summed E-state index contributed by atoms with van der Waals surface area (Å²) in [6.07, 6.45) is 0. The standard InChI is InChI=1S/C54H34F2N2O/c55-39-26-30-51-49(33-39)46-29-25-40(56)34-52(46)58(51)50-21-6-4-17-44(50)36-23-27-41(28-24-36)57(42-15-8-13-37(31-42)35-11-2-1-3-12-35)43-16-9-14-38(32-43)45-19-10-20-48-47-18-5-7-22-53(47)59-54(45)48/h1-34H. The van der Waals surface area contributed by atoms with Crippen molar-refractivity contribution in [1.82, 2.24) is 4.57 Å². The van der Waals surface area contributed by atoms with Gasteiger partial charge in [0.1, 0.15) is 22.8 Å². The fraction of sp³-hybridized carbons (Fsp3) is 0. The van der Waals surface area contributed by atoms with Crippen LogP contribution in [0, 0.1) is 11.6 Å². The Morgan fingerprint density at radius 2 is 1.02 bits per heavy atom. The smallest absolute Gasteiger partial charge is 0.143 e. The Morgan fingerprint density at radius 3 is 1.86 bits per heavy atom. The highest BCUT2D eigenvalue weighted by Crippen LogP contribution is 2.42. The number of fused-ring (bicyclic) bond motifs is 6. The Morgan fingerprint density at radius 1 is 0.373 bits per heavy atom. The summed E-state index contributed by atoms with van der Waals surface area (Å²) in [5.41, 5.74) is 13.3. The molecule has 0 fully saturated rings. The molecule has 0 spiro atoms. The third-order valence-corrected chi connectivity index (χ3v) is 11.3. The first-order valence-corrected chi connectivity index (χ1v) is 19.6. The lowest BCUT2D eigenvalue weighted by Gasteiger charge is -2.27. The summed E-state index contributed by atoms with van der Waals surface area (Å²) in [4.78, 5) is 2.29. The second-order valence-corrected chi connectivity index (χ2v) is 14.8. The second-order valence-electron chi connectivity index (χ2n) is 14.8. The molecule has 0 saturated heterocycles. The maximum Gasteiger partial charge on any atom is 0.143 e. The summed E-state index contributed by atoms with van der Waals surface area (Å²) in [6, 6.07) is 68.3. The minimum absolute atomic E-state index is 0.333. The topological polar surface area (TPSA) is 21.3 Å². The van der Waals surface area contributed by atoms with E-state index in [4.69, 9.17) is 4.42 Å². The first kappa shape index (κ1) is 34.5. The molecule has 280 valence electrons. The van der Waals surface area contributed by atoms with Crippen molar-refractivity contribution in [2.75, 3.05) is 4.90 Å². The normalized spacial score (nSPS) is 11.6. The molecule has 0 radical (unpaired) electrons. The fourth-order valence-electron chi connectivity index (χ4n) is 8.62. The Bertz CT molecular complexity index is 3360. The van der Waals surface area contributed by atoms with Crippen molar-refractivity contribution in [2.24, 2.45) is 0 Å². The summed E-state index contributed by atoms with van der Waals surface area (Å²) in [5, 5.41) is 3.71. The summed E-state index contributed by atoms with van der Waals surface area (Å²) in [7, 11) is 0. The highest BCUT2D eigenvalue weighted by molar-refractivity contribution is 6.11. The first-order valence-electron chi connectivity index (χ1n) is 19.6. The van der Waals surface area contributed by atoms with E-state index in [2.05, 4.69) is 132 Å². The highest BCUT2D eigenvalue weighted by atomic mass is 19.1. The molecular formula is C54H34F2N2O. The van der Waals surface area contributed by atoms with Crippen LogP contribution in [0.1, 0.15) is 0 Å². The van der Waals surface area contributed by atoms with Gasteiger partial charge in [0.2, 0.25) is 0 Å². The molecule has 11 aromatic rings. The van der Waals surface area contributed by atoms with Crippen molar-refractivity contribution >= 4 is 60.8 Å². The third kappa shape index (κ3) is 5.94. The van der Waals surface area contributed by atoms with E-state index in [1.807, 2.05) is 47.0 Å². The number of rotatable bonds is 7. The van der Waals surface area contributed by atoms with Gasteiger partial charge in [-0.1, -0.05) is 121 Å². The molecule has 0 bridgehead atoms. The highest BCUT2D eigenvalue weighted by Gasteiger charge is 2.20. The van der Waals surface area contributed by atoms with Crippen LogP contribution in [-0.4, -0.2) is 4.57 Å². The van der Waals surface area contributed by atoms with Gasteiger partial charge in [-0.3, -0.25) is 0 Å². The quantitative estimate of drug-likeness (QED) is 0.161. The van der Waals surface area contributed by atoms with E-state index in [0.717, 1.165) is 94.4 Å². The maximum absolute atomic E-state index is 14.8. The number of benzene rings is 9. The van der Waals surface area contributed by atoms with E-state index in [0.29, 0.717) is 5.52 Å². The third-order valence-electron chi connectivity index (χ3n) is 11.3. The Balaban J connectivity index is 1.05. The fourth-order valence-corrected chi connectivity index (χ4v) is 8.62. The van der Waals surface area contributed by atoms with E-state index >= 15 is 0 Å². The minimum Gasteiger partial charge on any atom is -0.455 e. The van der Waals surface area contributed by atoms with Crippen molar-refractivity contribution < 1.29 is 13.2 Å². The van der Waals surface area contributed by atoms with Crippen molar-refractivity contribution in [3.8, 4) is 39.1 Å². The maximum atomic E-state index is 14.8. The number of hydrogen-bond acceptors (Lipinski definition) is 2. The zero-order valence-corrected chi connectivity index (χ0v) is 31.7. The lowest BCUT2D eigenvalue weighted by molar-refractivity contribution is 0.629. The molecular weight excluding hydrogens is 731 g/mol. The van der Waals surface area contributed by atoms with E-state index in [-0.39, 0.29) is 11.6 Å². The van der Waals surface area contributed by atoms with Gasteiger partial charge in [0.25, 0.3) is 0 Å². The molecule has 9 aromatic carbocycles. The van der Waals surface area contributed by atoms with Crippen LogP contribution >= 0.6 is 0 Å². The zero-order chi connectivity index (χ0) is 39.5. The van der Waals surface area contributed by atoms with Crippen molar-refractivity contribution in [3.05, 3.63) is 218 Å².